The van der Waals surface area contributed by atoms with Gasteiger partial charge in [0.05, 0.1) is 21.3 Å². The fourth-order valence-corrected chi connectivity index (χ4v) is 5.19. The van der Waals surface area contributed by atoms with Gasteiger partial charge in [-0.1, -0.05) is 17.7 Å². The van der Waals surface area contributed by atoms with Crippen molar-refractivity contribution < 1.29 is 9.59 Å². The van der Waals surface area contributed by atoms with Crippen molar-refractivity contribution >= 4 is 50.8 Å². The lowest BCUT2D eigenvalue weighted by Crippen LogP contribution is -2.50. The number of nitrogens with one attached hydrogen (secondary N) is 3. The molecule has 8 nitrogen and oxygen atoms in total. The molecule has 33 heavy (non-hydrogen) atoms. The van der Waals surface area contributed by atoms with E-state index in [0.29, 0.717) is 29.7 Å². The molecule has 1 aliphatic rings. The normalized spacial score (nSPS) is 18.9. The minimum atomic E-state index is -0.644. The minimum Gasteiger partial charge on any atom is -0.384 e. The van der Waals surface area contributed by atoms with Gasteiger partial charge in [0.1, 0.15) is 11.9 Å². The molecule has 10 heteroatoms. The van der Waals surface area contributed by atoms with Crippen molar-refractivity contribution in [3.8, 4) is 0 Å². The van der Waals surface area contributed by atoms with E-state index in [-0.39, 0.29) is 17.9 Å². The Bertz CT molecular complexity index is 1180. The van der Waals surface area contributed by atoms with Crippen molar-refractivity contribution in [3.05, 3.63) is 51.6 Å². The van der Waals surface area contributed by atoms with Crippen LogP contribution in [0.3, 0.4) is 0 Å². The molecule has 1 fully saturated rings. The van der Waals surface area contributed by atoms with Crippen molar-refractivity contribution in [2.45, 2.75) is 45.3 Å². The molecule has 0 radical (unpaired) electrons. The third kappa shape index (κ3) is 5.79. The number of aromatic nitrogens is 2. The molecule has 2 aromatic heterocycles. The Morgan fingerprint density at radius 2 is 2.12 bits per heavy atom. The first-order chi connectivity index (χ1) is 15.8. The summed E-state index contributed by atoms with van der Waals surface area (Å²) in [6.07, 6.45) is 1.51. The van der Waals surface area contributed by atoms with Crippen LogP contribution in [0.1, 0.15) is 29.6 Å². The van der Waals surface area contributed by atoms with Crippen LogP contribution in [-0.2, 0) is 22.6 Å². The molecule has 2 amide bonds. The number of nitrogens with two attached hydrogens (primary N) is 1. The molecule has 4 rings (SSSR count). The third-order valence-corrected chi connectivity index (χ3v) is 7.11. The van der Waals surface area contributed by atoms with Crippen LogP contribution >= 0.6 is 22.9 Å². The molecular formula is C23H27ClN6O2S. The van der Waals surface area contributed by atoms with Gasteiger partial charge in [0, 0.05) is 23.7 Å². The molecule has 3 atom stereocenters. The predicted molar refractivity (Wildman–Crippen MR) is 131 cm³/mol. The van der Waals surface area contributed by atoms with E-state index in [9.17, 15) is 9.59 Å². The van der Waals surface area contributed by atoms with Crippen LogP contribution in [-0.4, -0.2) is 40.4 Å². The summed E-state index contributed by atoms with van der Waals surface area (Å²) in [5, 5.41) is 10.7. The van der Waals surface area contributed by atoms with Crippen LogP contribution in [0, 0.1) is 12.8 Å². The van der Waals surface area contributed by atoms with E-state index in [4.69, 9.17) is 17.3 Å². The molecule has 0 bridgehead atoms. The molecule has 174 valence electrons. The minimum absolute atomic E-state index is 0.165. The number of anilines is 1. The zero-order valence-electron chi connectivity index (χ0n) is 18.5. The lowest BCUT2D eigenvalue weighted by atomic mass is 10.0. The van der Waals surface area contributed by atoms with E-state index in [1.807, 2.05) is 31.2 Å². The van der Waals surface area contributed by atoms with Gasteiger partial charge in [-0.05, 0) is 62.6 Å². The molecular weight excluding hydrogens is 460 g/mol. The van der Waals surface area contributed by atoms with E-state index in [2.05, 4.69) is 25.9 Å². The molecule has 3 heterocycles. The number of halogens is 1. The van der Waals surface area contributed by atoms with Gasteiger partial charge in [0.2, 0.25) is 11.8 Å². The second-order valence-corrected chi connectivity index (χ2v) is 9.97. The smallest absolute Gasteiger partial charge is 0.242 e. The molecule has 0 aliphatic carbocycles. The van der Waals surface area contributed by atoms with Gasteiger partial charge in [-0.2, -0.15) is 0 Å². The maximum absolute atomic E-state index is 12.7. The number of fused-ring (bicyclic) bond motifs is 1. The summed E-state index contributed by atoms with van der Waals surface area (Å²) in [5.41, 5.74) is 8.22. The zero-order valence-corrected chi connectivity index (χ0v) is 20.1. The van der Waals surface area contributed by atoms with Crippen molar-refractivity contribution in [2.24, 2.45) is 5.92 Å². The zero-order chi connectivity index (χ0) is 23.5. The van der Waals surface area contributed by atoms with Gasteiger partial charge in [0.25, 0.3) is 0 Å². The van der Waals surface area contributed by atoms with Crippen LogP contribution in [0.5, 0.6) is 0 Å². The highest BCUT2D eigenvalue weighted by atomic mass is 35.5. The van der Waals surface area contributed by atoms with Crippen LogP contribution in [0.2, 0.25) is 5.02 Å². The predicted octanol–water partition coefficient (Wildman–Crippen LogP) is 2.58. The summed E-state index contributed by atoms with van der Waals surface area (Å²) in [4.78, 5) is 34.0. The summed E-state index contributed by atoms with van der Waals surface area (Å²) < 4.78 is 1.11. The van der Waals surface area contributed by atoms with Crippen molar-refractivity contribution in [1.82, 2.24) is 25.9 Å². The fourth-order valence-electron chi connectivity index (χ4n) is 3.96. The van der Waals surface area contributed by atoms with Gasteiger partial charge in [-0.15, -0.1) is 11.3 Å². The van der Waals surface area contributed by atoms with Crippen LogP contribution in [0.4, 0.5) is 5.82 Å². The highest BCUT2D eigenvalue weighted by Gasteiger charge is 2.31. The van der Waals surface area contributed by atoms with Crippen LogP contribution in [0.15, 0.2) is 30.3 Å². The summed E-state index contributed by atoms with van der Waals surface area (Å²) in [6.45, 7) is 4.59. The summed E-state index contributed by atoms with van der Waals surface area (Å²) in [6, 6.07) is 8.30. The number of thiazole rings is 1. The highest BCUT2D eigenvalue weighted by Crippen LogP contribution is 2.28. The Balaban J connectivity index is 1.25. The SMILES string of the molecule is Cc1nc(N)ccc1CNC(=O)[C@H](C)NC(=O)[C@H]1C[C@H](Cc2nc3cc(Cl)ccc3s2)CN1. The molecule has 5 N–H and O–H groups in total. The highest BCUT2D eigenvalue weighted by molar-refractivity contribution is 7.18. The van der Waals surface area contributed by atoms with Crippen LogP contribution < -0.4 is 21.7 Å². The quantitative estimate of drug-likeness (QED) is 0.407. The van der Waals surface area contributed by atoms with E-state index >= 15 is 0 Å². The van der Waals surface area contributed by atoms with Crippen molar-refractivity contribution in [3.63, 3.8) is 0 Å². The number of pyridine rings is 1. The van der Waals surface area contributed by atoms with Gasteiger partial charge < -0.3 is 21.7 Å². The Morgan fingerprint density at radius 3 is 2.91 bits per heavy atom. The van der Waals surface area contributed by atoms with E-state index in [1.54, 1.807) is 24.3 Å². The number of amides is 2. The molecule has 0 unspecified atom stereocenters. The first kappa shape index (κ1) is 23.4. The number of carbonyl (C=O) groups excluding carboxylic acids is 2. The number of hydrogen-bond acceptors (Lipinski definition) is 7. The van der Waals surface area contributed by atoms with Gasteiger partial charge in [0.15, 0.2) is 0 Å². The maximum atomic E-state index is 12.7. The van der Waals surface area contributed by atoms with E-state index in [0.717, 1.165) is 39.4 Å². The molecule has 3 aromatic rings. The lowest BCUT2D eigenvalue weighted by molar-refractivity contribution is -0.129. The summed E-state index contributed by atoms with van der Waals surface area (Å²) >= 11 is 7.71. The average molecular weight is 487 g/mol. The van der Waals surface area contributed by atoms with E-state index in [1.165, 1.54) is 0 Å². The van der Waals surface area contributed by atoms with Gasteiger partial charge in [-0.25, -0.2) is 9.97 Å². The van der Waals surface area contributed by atoms with Crippen molar-refractivity contribution in [2.75, 3.05) is 12.3 Å². The topological polar surface area (TPSA) is 122 Å². The first-order valence-corrected chi connectivity index (χ1v) is 12.1. The number of benzene rings is 1. The lowest BCUT2D eigenvalue weighted by Gasteiger charge is -2.17. The second kappa shape index (κ2) is 10.0. The number of rotatable bonds is 7. The second-order valence-electron chi connectivity index (χ2n) is 8.42. The van der Waals surface area contributed by atoms with E-state index < -0.39 is 6.04 Å². The molecule has 0 saturated carbocycles. The largest absolute Gasteiger partial charge is 0.384 e. The number of aryl methyl sites for hydroxylation is 1. The Labute approximate surface area is 201 Å². The monoisotopic (exact) mass is 486 g/mol. The number of carbonyl (C=O) groups is 2. The van der Waals surface area contributed by atoms with Gasteiger partial charge >= 0.3 is 0 Å². The summed E-state index contributed by atoms with van der Waals surface area (Å²) in [7, 11) is 0. The standard InChI is InChI=1S/C23H27ClN6O2S/c1-12-15(3-6-20(25)28-12)11-27-22(31)13(2)29-23(32)18-7-14(10-26-18)8-21-30-17-9-16(24)4-5-19(17)33-21/h3-6,9,13-14,18,26H,7-8,10-11H2,1-2H3,(H2,25,28)(H,27,31)(H,29,32)/t13-,14+,18+/m0/s1. The number of hydrogen-bond donors (Lipinski definition) is 4. The molecule has 1 aromatic carbocycles. The Hall–Kier alpha value is -2.75. The number of nitrogens with zero attached hydrogens (tertiary/aromatic N) is 2. The van der Waals surface area contributed by atoms with Gasteiger partial charge in [-0.3, -0.25) is 9.59 Å². The first-order valence-electron chi connectivity index (χ1n) is 10.9. The summed E-state index contributed by atoms with van der Waals surface area (Å²) in [5.74, 6) is 0.337. The molecule has 1 aliphatic heterocycles. The third-order valence-electron chi connectivity index (χ3n) is 5.82. The molecule has 1 saturated heterocycles. The van der Waals surface area contributed by atoms with Crippen LogP contribution in [0.25, 0.3) is 10.2 Å². The Morgan fingerprint density at radius 1 is 1.30 bits per heavy atom. The maximum Gasteiger partial charge on any atom is 0.242 e. The number of nitrogen functional groups attached to an aromatic ring is 1. The fraction of sp³-hybridized carbons (Fsp3) is 0.391. The van der Waals surface area contributed by atoms with Crippen molar-refractivity contribution in [1.29, 1.82) is 0 Å². The Kier molecular flexibility index (Phi) is 7.11. The average Bonchev–Trinajstić information content (AvgIpc) is 3.39. The molecule has 0 spiro atoms.